The molecule has 0 bridgehead atoms. The summed E-state index contributed by atoms with van der Waals surface area (Å²) >= 11 is 1.58. The molecule has 0 spiro atoms. The standard InChI is InChI=1S/C14H17FN4S/c1-10-17-18-14(20-10)16-8-11-6-7-19(9-11)13-4-2-12(15)3-5-13/h2-5,11H,6-9H2,1H3,(H,16,18)/t11-/m1/s1. The quantitative estimate of drug-likeness (QED) is 0.940. The van der Waals surface area contributed by atoms with Gasteiger partial charge in [-0.15, -0.1) is 10.2 Å². The van der Waals surface area contributed by atoms with E-state index in [1.165, 1.54) is 12.1 Å². The molecule has 2 heterocycles. The van der Waals surface area contributed by atoms with Gasteiger partial charge in [0, 0.05) is 25.3 Å². The molecule has 0 saturated carbocycles. The second-order valence-corrected chi connectivity index (χ2v) is 6.27. The van der Waals surface area contributed by atoms with E-state index in [0.717, 1.165) is 41.9 Å². The van der Waals surface area contributed by atoms with Crippen molar-refractivity contribution in [1.29, 1.82) is 0 Å². The number of aromatic nitrogens is 2. The number of hydrogen-bond donors (Lipinski definition) is 1. The Bertz CT molecular complexity index is 569. The van der Waals surface area contributed by atoms with Gasteiger partial charge in [0.1, 0.15) is 10.8 Å². The van der Waals surface area contributed by atoms with E-state index in [0.29, 0.717) is 5.92 Å². The SMILES string of the molecule is Cc1nnc(NC[C@H]2CCN(c3ccc(F)cc3)C2)s1. The van der Waals surface area contributed by atoms with Gasteiger partial charge in [0.15, 0.2) is 0 Å². The van der Waals surface area contributed by atoms with E-state index in [-0.39, 0.29) is 5.82 Å². The molecule has 106 valence electrons. The monoisotopic (exact) mass is 292 g/mol. The topological polar surface area (TPSA) is 41.1 Å². The third-order valence-corrected chi connectivity index (χ3v) is 4.34. The van der Waals surface area contributed by atoms with Crippen molar-refractivity contribution in [3.8, 4) is 0 Å². The number of nitrogens with zero attached hydrogens (tertiary/aromatic N) is 3. The van der Waals surface area contributed by atoms with Crippen LogP contribution in [0.5, 0.6) is 0 Å². The smallest absolute Gasteiger partial charge is 0.205 e. The number of nitrogens with one attached hydrogen (secondary N) is 1. The summed E-state index contributed by atoms with van der Waals surface area (Å²) < 4.78 is 12.9. The summed E-state index contributed by atoms with van der Waals surface area (Å²) in [4.78, 5) is 2.30. The predicted molar refractivity (Wildman–Crippen MR) is 79.9 cm³/mol. The zero-order chi connectivity index (χ0) is 13.9. The average Bonchev–Trinajstić information content (AvgIpc) is 3.06. The highest BCUT2D eigenvalue weighted by Crippen LogP contribution is 2.24. The lowest BCUT2D eigenvalue weighted by molar-refractivity contribution is 0.621. The molecule has 0 aliphatic carbocycles. The molecule has 1 atom stereocenters. The molecule has 6 heteroatoms. The van der Waals surface area contributed by atoms with Crippen LogP contribution in [-0.2, 0) is 0 Å². The molecule has 0 unspecified atom stereocenters. The third-order valence-electron chi connectivity index (χ3n) is 3.55. The Morgan fingerprint density at radius 2 is 2.15 bits per heavy atom. The van der Waals surface area contributed by atoms with Gasteiger partial charge in [-0.05, 0) is 43.5 Å². The Morgan fingerprint density at radius 1 is 1.35 bits per heavy atom. The summed E-state index contributed by atoms with van der Waals surface area (Å²) in [6.45, 7) is 4.88. The summed E-state index contributed by atoms with van der Waals surface area (Å²) in [7, 11) is 0. The maximum absolute atomic E-state index is 12.9. The van der Waals surface area contributed by atoms with Gasteiger partial charge in [0.2, 0.25) is 5.13 Å². The van der Waals surface area contributed by atoms with Gasteiger partial charge in [-0.1, -0.05) is 11.3 Å². The van der Waals surface area contributed by atoms with Crippen LogP contribution in [0.25, 0.3) is 0 Å². The minimum atomic E-state index is -0.183. The Labute approximate surface area is 121 Å². The van der Waals surface area contributed by atoms with Gasteiger partial charge in [-0.2, -0.15) is 0 Å². The molecule has 1 saturated heterocycles. The van der Waals surface area contributed by atoms with Crippen LogP contribution < -0.4 is 10.2 Å². The first kappa shape index (κ1) is 13.3. The molecule has 0 amide bonds. The molecule has 20 heavy (non-hydrogen) atoms. The van der Waals surface area contributed by atoms with Gasteiger partial charge in [-0.25, -0.2) is 4.39 Å². The van der Waals surface area contributed by atoms with Crippen LogP contribution in [0.15, 0.2) is 24.3 Å². The van der Waals surface area contributed by atoms with E-state index < -0.39 is 0 Å². The zero-order valence-electron chi connectivity index (χ0n) is 11.3. The fourth-order valence-electron chi connectivity index (χ4n) is 2.49. The molecule has 1 aromatic heterocycles. The molecule has 1 aliphatic heterocycles. The Kier molecular flexibility index (Phi) is 3.82. The molecule has 4 nitrogen and oxygen atoms in total. The van der Waals surface area contributed by atoms with Crippen LogP contribution in [0, 0.1) is 18.7 Å². The number of anilines is 2. The first-order valence-corrected chi connectivity index (χ1v) is 7.57. The number of aryl methyl sites for hydroxylation is 1. The summed E-state index contributed by atoms with van der Waals surface area (Å²) in [6.07, 6.45) is 1.14. The molecule has 2 aromatic rings. The van der Waals surface area contributed by atoms with E-state index >= 15 is 0 Å². The lowest BCUT2D eigenvalue weighted by atomic mass is 10.1. The zero-order valence-corrected chi connectivity index (χ0v) is 12.2. The van der Waals surface area contributed by atoms with Crippen molar-refractivity contribution < 1.29 is 4.39 Å². The number of halogens is 1. The molecule has 1 N–H and O–H groups in total. The Balaban J connectivity index is 1.53. The molecule has 0 radical (unpaired) electrons. The Morgan fingerprint density at radius 3 is 2.85 bits per heavy atom. The lowest BCUT2D eigenvalue weighted by Crippen LogP contribution is -2.22. The first-order valence-electron chi connectivity index (χ1n) is 6.75. The maximum atomic E-state index is 12.9. The van der Waals surface area contributed by atoms with Gasteiger partial charge >= 0.3 is 0 Å². The normalized spacial score (nSPS) is 18.5. The van der Waals surface area contributed by atoms with E-state index in [1.807, 2.05) is 19.1 Å². The van der Waals surface area contributed by atoms with Crippen molar-refractivity contribution in [3.05, 3.63) is 35.1 Å². The molecular formula is C14H17FN4S. The number of rotatable bonds is 4. The van der Waals surface area contributed by atoms with Crippen molar-refractivity contribution in [2.45, 2.75) is 13.3 Å². The van der Waals surface area contributed by atoms with Crippen LogP contribution in [-0.4, -0.2) is 29.8 Å². The van der Waals surface area contributed by atoms with Crippen molar-refractivity contribution in [2.75, 3.05) is 29.9 Å². The van der Waals surface area contributed by atoms with Gasteiger partial charge in [0.25, 0.3) is 0 Å². The molecule has 1 aliphatic rings. The maximum Gasteiger partial charge on any atom is 0.205 e. The summed E-state index contributed by atoms with van der Waals surface area (Å²) in [5, 5.41) is 13.3. The van der Waals surface area contributed by atoms with Gasteiger partial charge < -0.3 is 10.2 Å². The molecular weight excluding hydrogens is 275 g/mol. The summed E-state index contributed by atoms with van der Waals surface area (Å²) in [6, 6.07) is 6.73. The lowest BCUT2D eigenvalue weighted by Gasteiger charge is -2.18. The van der Waals surface area contributed by atoms with Crippen molar-refractivity contribution in [3.63, 3.8) is 0 Å². The highest BCUT2D eigenvalue weighted by molar-refractivity contribution is 7.15. The third kappa shape index (κ3) is 3.07. The summed E-state index contributed by atoms with van der Waals surface area (Å²) in [5.74, 6) is 0.405. The van der Waals surface area contributed by atoms with Gasteiger partial charge in [-0.3, -0.25) is 0 Å². The van der Waals surface area contributed by atoms with Crippen molar-refractivity contribution in [2.24, 2.45) is 5.92 Å². The number of benzene rings is 1. The van der Waals surface area contributed by atoms with Crippen LogP contribution in [0.4, 0.5) is 15.2 Å². The summed E-state index contributed by atoms with van der Waals surface area (Å²) in [5.41, 5.74) is 1.10. The fraction of sp³-hybridized carbons (Fsp3) is 0.429. The molecule has 3 rings (SSSR count). The fourth-order valence-corrected chi connectivity index (χ4v) is 3.08. The average molecular weight is 292 g/mol. The highest BCUT2D eigenvalue weighted by atomic mass is 32.1. The van der Waals surface area contributed by atoms with E-state index in [4.69, 9.17) is 0 Å². The van der Waals surface area contributed by atoms with Crippen molar-refractivity contribution >= 4 is 22.2 Å². The highest BCUT2D eigenvalue weighted by Gasteiger charge is 2.22. The largest absolute Gasteiger partial charge is 0.371 e. The van der Waals surface area contributed by atoms with E-state index in [9.17, 15) is 4.39 Å². The van der Waals surface area contributed by atoms with Crippen LogP contribution in [0.1, 0.15) is 11.4 Å². The second kappa shape index (κ2) is 5.75. The van der Waals surface area contributed by atoms with E-state index in [2.05, 4.69) is 20.4 Å². The van der Waals surface area contributed by atoms with Gasteiger partial charge in [0.05, 0.1) is 0 Å². The minimum absolute atomic E-state index is 0.183. The number of hydrogen-bond acceptors (Lipinski definition) is 5. The second-order valence-electron chi connectivity index (χ2n) is 5.08. The Hall–Kier alpha value is -1.69. The predicted octanol–water partition coefficient (Wildman–Crippen LogP) is 2.92. The minimum Gasteiger partial charge on any atom is -0.371 e. The molecule has 1 aromatic carbocycles. The van der Waals surface area contributed by atoms with E-state index in [1.54, 1.807) is 11.3 Å². The van der Waals surface area contributed by atoms with Crippen LogP contribution in [0.2, 0.25) is 0 Å². The molecule has 1 fully saturated rings. The van der Waals surface area contributed by atoms with Crippen LogP contribution >= 0.6 is 11.3 Å². The van der Waals surface area contributed by atoms with Crippen molar-refractivity contribution in [1.82, 2.24) is 10.2 Å². The first-order chi connectivity index (χ1) is 9.70. The van der Waals surface area contributed by atoms with Crippen LogP contribution in [0.3, 0.4) is 0 Å².